The van der Waals surface area contributed by atoms with E-state index in [1.165, 1.54) is 11.3 Å². The molecule has 3 N–H and O–H groups in total. The molecular weight excluding hydrogens is 286 g/mol. The van der Waals surface area contributed by atoms with Crippen molar-refractivity contribution in [3.63, 3.8) is 0 Å². The zero-order valence-electron chi connectivity index (χ0n) is 12.5. The Morgan fingerprint density at radius 3 is 2.81 bits per heavy atom. The third-order valence-electron chi connectivity index (χ3n) is 3.26. The largest absolute Gasteiger partial charge is 0.346 e. The number of thiazole rings is 1. The molecule has 2 aromatic rings. The maximum atomic E-state index is 12.3. The van der Waals surface area contributed by atoms with Crippen LogP contribution in [0.2, 0.25) is 0 Å². The molecule has 1 atom stereocenters. The lowest BCUT2D eigenvalue weighted by Gasteiger charge is -2.31. The number of nitrogens with zero attached hydrogens (tertiary/aromatic N) is 3. The molecule has 0 aliphatic rings. The summed E-state index contributed by atoms with van der Waals surface area (Å²) < 4.78 is 1.96. The van der Waals surface area contributed by atoms with Crippen LogP contribution in [0, 0.1) is 5.41 Å². The molecule has 0 aliphatic carbocycles. The van der Waals surface area contributed by atoms with Crippen LogP contribution >= 0.6 is 11.3 Å². The van der Waals surface area contributed by atoms with Crippen LogP contribution in [-0.2, 0) is 13.1 Å². The quantitative estimate of drug-likeness (QED) is 0.879. The molecule has 6 nitrogen and oxygen atoms in total. The van der Waals surface area contributed by atoms with Gasteiger partial charge in [0.1, 0.15) is 10.7 Å². The summed E-state index contributed by atoms with van der Waals surface area (Å²) in [5.41, 5.74) is 5.88. The average Bonchev–Trinajstić information content (AvgIpc) is 3.07. The van der Waals surface area contributed by atoms with Crippen molar-refractivity contribution in [3.8, 4) is 0 Å². The lowest BCUT2D eigenvalue weighted by atomic mass is 9.86. The number of carbonyl (C=O) groups is 1. The minimum absolute atomic E-state index is 0.0257. The molecule has 21 heavy (non-hydrogen) atoms. The van der Waals surface area contributed by atoms with Crippen molar-refractivity contribution in [2.24, 2.45) is 11.1 Å². The van der Waals surface area contributed by atoms with Crippen LogP contribution in [0.25, 0.3) is 0 Å². The molecule has 0 saturated carbocycles. The molecule has 114 valence electrons. The Morgan fingerprint density at radius 1 is 1.52 bits per heavy atom. The molecule has 0 saturated heterocycles. The summed E-state index contributed by atoms with van der Waals surface area (Å²) >= 11 is 1.41. The summed E-state index contributed by atoms with van der Waals surface area (Å²) in [5, 5.41) is 5.58. The molecule has 2 aromatic heterocycles. The first-order valence-electron chi connectivity index (χ1n) is 6.81. The van der Waals surface area contributed by atoms with Gasteiger partial charge in [0.05, 0.1) is 12.4 Å². The molecule has 0 aromatic carbocycles. The SMILES string of the molecule is CC(C)(C)C(Cn1ccnc1)NC(=O)c1csc(CN)n1. The fourth-order valence-electron chi connectivity index (χ4n) is 1.88. The highest BCUT2D eigenvalue weighted by molar-refractivity contribution is 7.09. The molecule has 0 aliphatic heterocycles. The van der Waals surface area contributed by atoms with Crippen molar-refractivity contribution in [2.45, 2.75) is 39.9 Å². The first-order chi connectivity index (χ1) is 9.90. The number of amides is 1. The minimum Gasteiger partial charge on any atom is -0.346 e. The highest BCUT2D eigenvalue weighted by Gasteiger charge is 2.27. The Balaban J connectivity index is 2.09. The van der Waals surface area contributed by atoms with Crippen LogP contribution in [-0.4, -0.2) is 26.5 Å². The lowest BCUT2D eigenvalue weighted by Crippen LogP contribution is -2.46. The second-order valence-corrected chi connectivity index (χ2v) is 6.92. The Morgan fingerprint density at radius 2 is 2.29 bits per heavy atom. The fourth-order valence-corrected chi connectivity index (χ4v) is 2.54. The normalized spacial score (nSPS) is 13.1. The predicted molar refractivity (Wildman–Crippen MR) is 82.9 cm³/mol. The van der Waals surface area contributed by atoms with E-state index in [1.807, 2.05) is 10.8 Å². The first kappa shape index (κ1) is 15.7. The second-order valence-electron chi connectivity index (χ2n) is 5.98. The van der Waals surface area contributed by atoms with Crippen LogP contribution in [0.4, 0.5) is 0 Å². The summed E-state index contributed by atoms with van der Waals surface area (Å²) in [4.78, 5) is 20.6. The van der Waals surface area contributed by atoms with Gasteiger partial charge in [-0.2, -0.15) is 0 Å². The minimum atomic E-state index is -0.161. The predicted octanol–water partition coefficient (Wildman–Crippen LogP) is 1.64. The number of nitrogens with two attached hydrogens (primary N) is 1. The molecule has 2 rings (SSSR count). The van der Waals surface area contributed by atoms with E-state index in [0.717, 1.165) is 5.01 Å². The van der Waals surface area contributed by atoms with Gasteiger partial charge >= 0.3 is 0 Å². The van der Waals surface area contributed by atoms with E-state index in [-0.39, 0.29) is 17.4 Å². The van der Waals surface area contributed by atoms with Gasteiger partial charge in [0.15, 0.2) is 0 Å². The van der Waals surface area contributed by atoms with Gasteiger partial charge in [-0.3, -0.25) is 4.79 Å². The van der Waals surface area contributed by atoms with E-state index in [4.69, 9.17) is 5.73 Å². The highest BCUT2D eigenvalue weighted by Crippen LogP contribution is 2.21. The van der Waals surface area contributed by atoms with E-state index in [9.17, 15) is 4.79 Å². The zero-order chi connectivity index (χ0) is 15.5. The van der Waals surface area contributed by atoms with Gasteiger partial charge in [-0.15, -0.1) is 11.3 Å². The Labute approximate surface area is 128 Å². The van der Waals surface area contributed by atoms with Gasteiger partial charge in [-0.1, -0.05) is 20.8 Å². The summed E-state index contributed by atoms with van der Waals surface area (Å²) in [7, 11) is 0. The van der Waals surface area contributed by atoms with Gasteiger partial charge in [0.2, 0.25) is 0 Å². The van der Waals surface area contributed by atoms with Crippen molar-refractivity contribution in [3.05, 3.63) is 34.8 Å². The number of aromatic nitrogens is 3. The van der Waals surface area contributed by atoms with Crippen LogP contribution < -0.4 is 11.1 Å². The van der Waals surface area contributed by atoms with E-state index >= 15 is 0 Å². The number of nitrogens with one attached hydrogen (secondary N) is 1. The van der Waals surface area contributed by atoms with Crippen LogP contribution in [0.15, 0.2) is 24.1 Å². The highest BCUT2D eigenvalue weighted by atomic mass is 32.1. The molecule has 1 unspecified atom stereocenters. The van der Waals surface area contributed by atoms with E-state index in [0.29, 0.717) is 18.8 Å². The third-order valence-corrected chi connectivity index (χ3v) is 4.13. The van der Waals surface area contributed by atoms with Crippen molar-refractivity contribution in [2.75, 3.05) is 0 Å². The monoisotopic (exact) mass is 307 g/mol. The van der Waals surface area contributed by atoms with Crippen LogP contribution in [0.1, 0.15) is 36.3 Å². The second kappa shape index (κ2) is 6.36. The molecule has 1 amide bonds. The van der Waals surface area contributed by atoms with Crippen molar-refractivity contribution in [1.29, 1.82) is 0 Å². The third kappa shape index (κ3) is 4.12. The maximum Gasteiger partial charge on any atom is 0.271 e. The van der Waals surface area contributed by atoms with Gasteiger partial charge in [-0.05, 0) is 5.41 Å². The molecule has 0 spiro atoms. The van der Waals surface area contributed by atoms with E-state index in [1.54, 1.807) is 17.9 Å². The molecule has 2 heterocycles. The summed E-state index contributed by atoms with van der Waals surface area (Å²) in [6.07, 6.45) is 5.37. The zero-order valence-corrected chi connectivity index (χ0v) is 13.4. The standard InChI is InChI=1S/C14H21N5OS/c1-14(2,3)11(7-19-5-4-16-9-19)18-13(20)10-8-21-12(6-15)17-10/h4-5,8-9,11H,6-7,15H2,1-3H3,(H,18,20). The van der Waals surface area contributed by atoms with Crippen molar-refractivity contribution in [1.82, 2.24) is 19.9 Å². The summed E-state index contributed by atoms with van der Waals surface area (Å²) in [6, 6.07) is -0.0257. The number of hydrogen-bond donors (Lipinski definition) is 2. The number of imidazole rings is 1. The van der Waals surface area contributed by atoms with Gasteiger partial charge in [0.25, 0.3) is 5.91 Å². The van der Waals surface area contributed by atoms with Gasteiger partial charge in [0, 0.05) is 30.9 Å². The summed E-state index contributed by atoms with van der Waals surface area (Å²) in [6.45, 7) is 7.32. The van der Waals surface area contributed by atoms with E-state index in [2.05, 4.69) is 36.1 Å². The number of carbonyl (C=O) groups excluding carboxylic acids is 1. The Kier molecular flexibility index (Phi) is 4.74. The molecule has 0 bridgehead atoms. The first-order valence-corrected chi connectivity index (χ1v) is 7.69. The van der Waals surface area contributed by atoms with Crippen molar-refractivity contribution >= 4 is 17.2 Å². The van der Waals surface area contributed by atoms with E-state index < -0.39 is 0 Å². The Bertz CT molecular complexity index is 585. The van der Waals surface area contributed by atoms with Crippen LogP contribution in [0.5, 0.6) is 0 Å². The molecule has 0 radical (unpaired) electrons. The van der Waals surface area contributed by atoms with Crippen molar-refractivity contribution < 1.29 is 4.79 Å². The van der Waals surface area contributed by atoms with Gasteiger partial charge in [-0.25, -0.2) is 9.97 Å². The number of hydrogen-bond acceptors (Lipinski definition) is 5. The topological polar surface area (TPSA) is 85.8 Å². The molecule has 0 fully saturated rings. The lowest BCUT2D eigenvalue weighted by molar-refractivity contribution is 0.0888. The van der Waals surface area contributed by atoms with Crippen LogP contribution in [0.3, 0.4) is 0 Å². The molecular formula is C14H21N5OS. The number of rotatable bonds is 5. The smallest absolute Gasteiger partial charge is 0.271 e. The Hall–Kier alpha value is -1.73. The fraction of sp³-hybridized carbons (Fsp3) is 0.500. The average molecular weight is 307 g/mol. The van der Waals surface area contributed by atoms with Gasteiger partial charge < -0.3 is 15.6 Å². The maximum absolute atomic E-state index is 12.3. The molecule has 7 heteroatoms. The summed E-state index contributed by atoms with van der Waals surface area (Å²) in [5.74, 6) is -0.161.